The molecule has 5 heteroatoms. The maximum atomic E-state index is 14.3. The third-order valence-electron chi connectivity index (χ3n) is 8.61. The van der Waals surface area contributed by atoms with Gasteiger partial charge in [-0.25, -0.2) is 9.87 Å². The minimum atomic E-state index is -0.647. The zero-order chi connectivity index (χ0) is 17.0. The van der Waals surface area contributed by atoms with Crippen molar-refractivity contribution < 1.29 is 14.4 Å². The van der Waals surface area contributed by atoms with Gasteiger partial charge in [-0.3, -0.25) is 14.9 Å². The first-order valence-electron chi connectivity index (χ1n) is 9.55. The molecule has 0 saturated heterocycles. The molecular weight excluding hydrogens is 319 g/mol. The molecule has 2 N–H and O–H groups in total. The SMILES string of the molecule is O=C(NO)c1cc(F)c2c(c1)CN(CC13CC4CC5CC(C1)C543)CC2. The summed E-state index contributed by atoms with van der Waals surface area (Å²) in [7, 11) is 0. The Morgan fingerprint density at radius 1 is 1.28 bits per heavy atom. The second kappa shape index (κ2) is 4.44. The monoisotopic (exact) mass is 342 g/mol. The minimum Gasteiger partial charge on any atom is -0.298 e. The molecule has 0 aromatic heterocycles. The number of hydrogen-bond donors (Lipinski definition) is 2. The van der Waals surface area contributed by atoms with Crippen LogP contribution < -0.4 is 5.48 Å². The van der Waals surface area contributed by atoms with Crippen LogP contribution in [-0.4, -0.2) is 29.1 Å². The maximum absolute atomic E-state index is 14.3. The average molecular weight is 342 g/mol. The second-order valence-electron chi connectivity index (χ2n) is 9.18. The lowest BCUT2D eigenvalue weighted by Crippen LogP contribution is -2.86. The molecule has 25 heavy (non-hydrogen) atoms. The number of hydroxylamine groups is 1. The van der Waals surface area contributed by atoms with Crippen molar-refractivity contribution in [2.75, 3.05) is 13.1 Å². The van der Waals surface area contributed by atoms with Crippen molar-refractivity contribution in [3.8, 4) is 0 Å². The van der Waals surface area contributed by atoms with Gasteiger partial charge in [-0.15, -0.1) is 0 Å². The summed E-state index contributed by atoms with van der Waals surface area (Å²) < 4.78 is 14.3. The number of carbonyl (C=O) groups is 1. The van der Waals surface area contributed by atoms with Gasteiger partial charge in [-0.05, 0) is 83.9 Å². The molecule has 132 valence electrons. The Morgan fingerprint density at radius 2 is 2.04 bits per heavy atom. The van der Waals surface area contributed by atoms with E-state index in [4.69, 9.17) is 5.21 Å². The highest BCUT2D eigenvalue weighted by molar-refractivity contribution is 5.93. The lowest BCUT2D eigenvalue weighted by atomic mass is 9.13. The first kappa shape index (κ1) is 14.7. The molecule has 1 aromatic rings. The van der Waals surface area contributed by atoms with Crippen LogP contribution in [0.1, 0.15) is 47.2 Å². The van der Waals surface area contributed by atoms with Crippen LogP contribution in [0, 0.1) is 34.4 Å². The van der Waals surface area contributed by atoms with Gasteiger partial charge >= 0.3 is 0 Å². The molecule has 0 bridgehead atoms. The minimum absolute atomic E-state index is 0.197. The molecule has 4 fully saturated rings. The van der Waals surface area contributed by atoms with E-state index in [-0.39, 0.29) is 11.4 Å². The molecule has 2 atom stereocenters. The lowest BCUT2D eigenvalue weighted by molar-refractivity contribution is -0.433. The Hall–Kier alpha value is -1.46. The lowest BCUT2D eigenvalue weighted by Gasteiger charge is -2.92. The number of nitrogens with zero attached hydrogens (tertiary/aromatic N) is 1. The van der Waals surface area contributed by atoms with E-state index >= 15 is 0 Å². The van der Waals surface area contributed by atoms with E-state index in [9.17, 15) is 9.18 Å². The molecule has 0 radical (unpaired) electrons. The molecule has 4 nitrogen and oxygen atoms in total. The zero-order valence-corrected chi connectivity index (χ0v) is 14.2. The predicted octanol–water partition coefficient (Wildman–Crippen LogP) is 2.74. The largest absolute Gasteiger partial charge is 0.298 e. The third-order valence-corrected chi connectivity index (χ3v) is 8.61. The van der Waals surface area contributed by atoms with Crippen molar-refractivity contribution in [3.63, 3.8) is 0 Å². The van der Waals surface area contributed by atoms with Gasteiger partial charge < -0.3 is 0 Å². The molecule has 6 rings (SSSR count). The van der Waals surface area contributed by atoms with Gasteiger partial charge in [0.05, 0.1) is 0 Å². The van der Waals surface area contributed by atoms with Gasteiger partial charge in [0.1, 0.15) is 5.82 Å². The van der Waals surface area contributed by atoms with Gasteiger partial charge in [-0.2, -0.15) is 0 Å². The van der Waals surface area contributed by atoms with Crippen molar-refractivity contribution in [3.05, 3.63) is 34.6 Å². The Labute approximate surface area is 146 Å². The van der Waals surface area contributed by atoms with Crippen molar-refractivity contribution in [2.45, 2.75) is 38.6 Å². The second-order valence-corrected chi connectivity index (χ2v) is 9.18. The van der Waals surface area contributed by atoms with Crippen LogP contribution in [0.25, 0.3) is 0 Å². The summed E-state index contributed by atoms with van der Waals surface area (Å²) in [5, 5.41) is 8.82. The fourth-order valence-electron chi connectivity index (χ4n) is 7.89. The van der Waals surface area contributed by atoms with E-state index in [1.165, 1.54) is 31.7 Å². The van der Waals surface area contributed by atoms with Crippen molar-refractivity contribution in [2.24, 2.45) is 28.6 Å². The van der Waals surface area contributed by atoms with Crippen LogP contribution in [0.2, 0.25) is 0 Å². The van der Waals surface area contributed by atoms with Crippen LogP contribution in [0.5, 0.6) is 0 Å². The standard InChI is InChI=1S/C20H23FN2O2/c21-17-4-11(18(24)22-25)3-12-9-23(2-1-16(12)17)10-19-7-14-5-13-6-15(8-19)20(13,14)19/h3-4,13-15,25H,1-2,5-10H2,(H,22,24). The van der Waals surface area contributed by atoms with E-state index in [0.717, 1.165) is 53.9 Å². The van der Waals surface area contributed by atoms with Crippen molar-refractivity contribution >= 4 is 5.91 Å². The van der Waals surface area contributed by atoms with E-state index in [2.05, 4.69) is 4.90 Å². The van der Waals surface area contributed by atoms with E-state index in [1.54, 1.807) is 11.5 Å². The van der Waals surface area contributed by atoms with E-state index in [1.807, 2.05) is 0 Å². The molecule has 1 spiro atoms. The van der Waals surface area contributed by atoms with Gasteiger partial charge in [-0.1, -0.05) is 0 Å². The number of nitrogens with one attached hydrogen (secondary N) is 1. The molecule has 4 saturated carbocycles. The molecule has 2 unspecified atom stereocenters. The number of halogens is 1. The fraction of sp³-hybridized carbons (Fsp3) is 0.650. The fourth-order valence-corrected chi connectivity index (χ4v) is 7.89. The summed E-state index contributed by atoms with van der Waals surface area (Å²) in [6.45, 7) is 2.78. The summed E-state index contributed by atoms with van der Waals surface area (Å²) >= 11 is 0. The third kappa shape index (κ3) is 1.50. The predicted molar refractivity (Wildman–Crippen MR) is 88.4 cm³/mol. The highest BCUT2D eigenvalue weighted by Crippen LogP contribution is 2.92. The van der Waals surface area contributed by atoms with Crippen LogP contribution in [0.3, 0.4) is 0 Å². The summed E-state index contributed by atoms with van der Waals surface area (Å²) in [5.74, 6) is 2.07. The first-order chi connectivity index (χ1) is 12.1. The Kier molecular flexibility index (Phi) is 2.61. The van der Waals surface area contributed by atoms with Gasteiger partial charge in [0, 0.05) is 25.2 Å². The quantitative estimate of drug-likeness (QED) is 0.656. The number of carbonyl (C=O) groups excluding carboxylic acids is 1. The number of benzene rings is 1. The average Bonchev–Trinajstić information content (AvgIpc) is 2.54. The smallest absolute Gasteiger partial charge is 0.274 e. The number of amides is 1. The molecule has 1 amide bonds. The summed E-state index contributed by atoms with van der Waals surface area (Å²) in [6, 6.07) is 2.98. The summed E-state index contributed by atoms with van der Waals surface area (Å²) in [6.07, 6.45) is 6.48. The number of fused-ring (bicyclic) bond motifs is 1. The molecule has 4 aliphatic carbocycles. The number of hydrogen-bond acceptors (Lipinski definition) is 3. The normalized spacial score (nSPS) is 42.6. The molecule has 1 aromatic carbocycles. The van der Waals surface area contributed by atoms with Crippen molar-refractivity contribution in [1.29, 1.82) is 0 Å². The zero-order valence-electron chi connectivity index (χ0n) is 14.2. The van der Waals surface area contributed by atoms with E-state index in [0.29, 0.717) is 11.8 Å². The van der Waals surface area contributed by atoms with Crippen LogP contribution >= 0.6 is 0 Å². The highest BCUT2D eigenvalue weighted by atomic mass is 19.1. The highest BCUT2D eigenvalue weighted by Gasteiger charge is 2.87. The van der Waals surface area contributed by atoms with Crippen molar-refractivity contribution in [1.82, 2.24) is 10.4 Å². The maximum Gasteiger partial charge on any atom is 0.274 e. The van der Waals surface area contributed by atoms with Gasteiger partial charge in [0.25, 0.3) is 5.91 Å². The molecule has 1 aliphatic heterocycles. The van der Waals surface area contributed by atoms with Gasteiger partial charge in [0.2, 0.25) is 0 Å². The van der Waals surface area contributed by atoms with Crippen LogP contribution in [-0.2, 0) is 13.0 Å². The Balaban J connectivity index is 1.24. The van der Waals surface area contributed by atoms with Crippen LogP contribution in [0.15, 0.2) is 12.1 Å². The Morgan fingerprint density at radius 3 is 2.68 bits per heavy atom. The van der Waals surface area contributed by atoms with Gasteiger partial charge in [0.15, 0.2) is 0 Å². The summed E-state index contributed by atoms with van der Waals surface area (Å²) in [4.78, 5) is 14.1. The first-order valence-corrected chi connectivity index (χ1v) is 9.55. The molecule has 5 aliphatic rings. The van der Waals surface area contributed by atoms with E-state index < -0.39 is 5.91 Å². The summed E-state index contributed by atoms with van der Waals surface area (Å²) in [5.41, 5.74) is 4.72. The van der Waals surface area contributed by atoms with Crippen LogP contribution in [0.4, 0.5) is 4.39 Å². The molecule has 1 heterocycles. The number of rotatable bonds is 3. The topological polar surface area (TPSA) is 52.6 Å². The molecular formula is C20H23FN2O2. The Bertz CT molecular complexity index is 782.